The van der Waals surface area contributed by atoms with Crippen LogP contribution in [0.2, 0.25) is 5.02 Å². The van der Waals surface area contributed by atoms with Gasteiger partial charge in [0.2, 0.25) is 0 Å². The number of benzene rings is 2. The van der Waals surface area contributed by atoms with Crippen molar-refractivity contribution in [2.75, 3.05) is 10.2 Å². The highest BCUT2D eigenvalue weighted by Gasteiger charge is 2.39. The van der Waals surface area contributed by atoms with Gasteiger partial charge in [0, 0.05) is 10.7 Å². The summed E-state index contributed by atoms with van der Waals surface area (Å²) in [6.07, 6.45) is 0. The lowest BCUT2D eigenvalue weighted by Crippen LogP contribution is -2.32. The van der Waals surface area contributed by atoms with Gasteiger partial charge in [-0.25, -0.2) is 4.90 Å². The quantitative estimate of drug-likeness (QED) is 0.811. The molecule has 0 aliphatic carbocycles. The molecule has 2 amide bonds. The Kier molecular flexibility index (Phi) is 4.71. The monoisotopic (exact) mass is 389 g/mol. The van der Waals surface area contributed by atoms with E-state index in [0.717, 1.165) is 4.90 Å². The number of amides is 2. The van der Waals surface area contributed by atoms with Crippen LogP contribution in [-0.4, -0.2) is 17.8 Å². The van der Waals surface area contributed by atoms with Crippen LogP contribution in [0.15, 0.2) is 53.2 Å². The first-order valence-electron chi connectivity index (χ1n) is 7.42. The zero-order valence-electron chi connectivity index (χ0n) is 13.4. The maximum Gasteiger partial charge on any atom is 0.283 e. The average molecular weight is 390 g/mol. The van der Waals surface area contributed by atoms with Gasteiger partial charge in [-0.1, -0.05) is 35.3 Å². The van der Waals surface area contributed by atoms with Crippen LogP contribution in [0.3, 0.4) is 0 Å². The summed E-state index contributed by atoms with van der Waals surface area (Å²) in [6, 6.07) is 10.3. The maximum absolute atomic E-state index is 12.7. The molecule has 2 aromatic carbocycles. The number of aromatic carboxylic acids is 1. The van der Waals surface area contributed by atoms with E-state index in [1.54, 1.807) is 25.1 Å². The molecule has 0 saturated heterocycles. The van der Waals surface area contributed by atoms with E-state index in [0.29, 0.717) is 22.0 Å². The summed E-state index contributed by atoms with van der Waals surface area (Å²) in [6.45, 7) is 1.72. The minimum Gasteiger partial charge on any atom is -0.545 e. The fourth-order valence-corrected chi connectivity index (χ4v) is 2.97. The molecule has 0 bridgehead atoms. The third kappa shape index (κ3) is 3.16. The summed E-state index contributed by atoms with van der Waals surface area (Å²) in [5.41, 5.74) is 1.32. The number of hydrogen-bond donors (Lipinski definition) is 1. The van der Waals surface area contributed by atoms with Crippen molar-refractivity contribution < 1.29 is 19.5 Å². The highest BCUT2D eigenvalue weighted by molar-refractivity contribution is 6.53. The highest BCUT2D eigenvalue weighted by atomic mass is 35.5. The molecule has 8 heteroatoms. The van der Waals surface area contributed by atoms with Crippen molar-refractivity contribution in [2.24, 2.45) is 0 Å². The topological polar surface area (TPSA) is 89.5 Å². The van der Waals surface area contributed by atoms with Crippen LogP contribution in [0.4, 0.5) is 11.4 Å². The molecule has 26 heavy (non-hydrogen) atoms. The second-order valence-corrected chi connectivity index (χ2v) is 6.37. The van der Waals surface area contributed by atoms with Crippen molar-refractivity contribution in [3.63, 3.8) is 0 Å². The number of imide groups is 1. The van der Waals surface area contributed by atoms with Crippen LogP contribution in [0.1, 0.15) is 15.9 Å². The Balaban J connectivity index is 1.90. The number of aryl methyl sites for hydroxylation is 1. The van der Waals surface area contributed by atoms with Crippen molar-refractivity contribution in [1.29, 1.82) is 0 Å². The lowest BCUT2D eigenvalue weighted by molar-refractivity contribution is -0.255. The predicted octanol–water partition coefficient (Wildman–Crippen LogP) is 2.45. The molecular weight excluding hydrogens is 379 g/mol. The van der Waals surface area contributed by atoms with Crippen molar-refractivity contribution in [2.45, 2.75) is 6.92 Å². The predicted molar refractivity (Wildman–Crippen MR) is 96.0 cm³/mol. The normalized spacial score (nSPS) is 14.2. The van der Waals surface area contributed by atoms with Gasteiger partial charge in [0.15, 0.2) is 0 Å². The summed E-state index contributed by atoms with van der Waals surface area (Å²) in [5.74, 6) is -2.59. The van der Waals surface area contributed by atoms with E-state index < -0.39 is 17.8 Å². The fraction of sp³-hybridized carbons (Fsp3) is 0.0556. The second kappa shape index (κ2) is 6.82. The standard InChI is InChI=1S/C18H12Cl2N2O4/c1-9-8-11(19)4-7-13(9)22-16(23)14(20)15(17(22)24)21-12-5-2-10(3-6-12)18(25)26/h2-8,21H,1H3,(H,25,26)/p-1. The van der Waals surface area contributed by atoms with Crippen LogP contribution < -0.4 is 15.3 Å². The number of carbonyl (C=O) groups excluding carboxylic acids is 3. The Morgan fingerprint density at radius 1 is 1.04 bits per heavy atom. The van der Waals surface area contributed by atoms with Gasteiger partial charge in [-0.2, -0.15) is 0 Å². The largest absolute Gasteiger partial charge is 0.545 e. The van der Waals surface area contributed by atoms with Gasteiger partial charge >= 0.3 is 0 Å². The molecule has 1 aliphatic rings. The smallest absolute Gasteiger partial charge is 0.283 e. The van der Waals surface area contributed by atoms with Gasteiger partial charge < -0.3 is 15.2 Å². The van der Waals surface area contributed by atoms with Gasteiger partial charge in [-0.3, -0.25) is 9.59 Å². The number of anilines is 2. The molecule has 0 saturated carbocycles. The van der Waals surface area contributed by atoms with Gasteiger partial charge in [-0.05, 0) is 48.4 Å². The molecule has 0 radical (unpaired) electrons. The van der Waals surface area contributed by atoms with Crippen molar-refractivity contribution in [3.05, 3.63) is 69.3 Å². The first-order chi connectivity index (χ1) is 12.3. The molecule has 0 spiro atoms. The van der Waals surface area contributed by atoms with E-state index in [4.69, 9.17) is 23.2 Å². The molecule has 2 aromatic rings. The Labute approximate surface area is 158 Å². The number of nitrogens with zero attached hydrogens (tertiary/aromatic N) is 1. The Morgan fingerprint density at radius 3 is 2.27 bits per heavy atom. The van der Waals surface area contributed by atoms with Crippen LogP contribution >= 0.6 is 23.2 Å². The summed E-state index contributed by atoms with van der Waals surface area (Å²) in [4.78, 5) is 36.9. The number of halogens is 2. The molecule has 3 rings (SSSR count). The molecule has 0 fully saturated rings. The van der Waals surface area contributed by atoms with Gasteiger partial charge in [0.1, 0.15) is 10.7 Å². The summed E-state index contributed by atoms with van der Waals surface area (Å²) >= 11 is 12.0. The average Bonchev–Trinajstić information content (AvgIpc) is 2.80. The first-order valence-corrected chi connectivity index (χ1v) is 8.18. The Morgan fingerprint density at radius 2 is 1.69 bits per heavy atom. The van der Waals surface area contributed by atoms with Gasteiger partial charge in [-0.15, -0.1) is 0 Å². The van der Waals surface area contributed by atoms with Crippen LogP contribution in [-0.2, 0) is 9.59 Å². The molecular formula is C18H11Cl2N2O4-. The molecule has 1 heterocycles. The second-order valence-electron chi connectivity index (χ2n) is 5.56. The highest BCUT2D eigenvalue weighted by Crippen LogP contribution is 2.32. The zero-order valence-corrected chi connectivity index (χ0v) is 14.9. The van der Waals surface area contributed by atoms with Gasteiger partial charge in [0.05, 0.1) is 11.7 Å². The van der Waals surface area contributed by atoms with E-state index in [1.807, 2.05) is 0 Å². The lowest BCUT2D eigenvalue weighted by Gasteiger charge is -2.17. The first kappa shape index (κ1) is 18.0. The molecule has 1 aliphatic heterocycles. The summed E-state index contributed by atoms with van der Waals surface area (Å²) in [5, 5.41) is 13.8. The Bertz CT molecular complexity index is 968. The minimum absolute atomic E-state index is 0.0112. The van der Waals surface area contributed by atoms with Crippen LogP contribution in [0.5, 0.6) is 0 Å². The number of rotatable bonds is 4. The third-order valence-corrected chi connectivity index (χ3v) is 4.40. The molecule has 6 nitrogen and oxygen atoms in total. The lowest BCUT2D eigenvalue weighted by atomic mass is 10.2. The summed E-state index contributed by atoms with van der Waals surface area (Å²) in [7, 11) is 0. The molecule has 1 N–H and O–H groups in total. The van der Waals surface area contributed by atoms with E-state index >= 15 is 0 Å². The van der Waals surface area contributed by atoms with E-state index in [1.165, 1.54) is 24.3 Å². The van der Waals surface area contributed by atoms with E-state index in [-0.39, 0.29) is 16.3 Å². The van der Waals surface area contributed by atoms with Crippen molar-refractivity contribution in [1.82, 2.24) is 0 Å². The zero-order chi connectivity index (χ0) is 19.0. The minimum atomic E-state index is -1.31. The van der Waals surface area contributed by atoms with Crippen LogP contribution in [0, 0.1) is 6.92 Å². The Hall–Kier alpha value is -2.83. The number of hydrogen-bond acceptors (Lipinski definition) is 5. The number of carbonyl (C=O) groups is 3. The van der Waals surface area contributed by atoms with Crippen molar-refractivity contribution in [3.8, 4) is 0 Å². The number of carboxylic acids is 1. The van der Waals surface area contributed by atoms with E-state index in [9.17, 15) is 19.5 Å². The summed E-state index contributed by atoms with van der Waals surface area (Å²) < 4.78 is 0. The molecule has 0 atom stereocenters. The van der Waals surface area contributed by atoms with Gasteiger partial charge in [0.25, 0.3) is 11.8 Å². The molecule has 132 valence electrons. The fourth-order valence-electron chi connectivity index (χ4n) is 2.53. The van der Waals surface area contributed by atoms with Crippen LogP contribution in [0.25, 0.3) is 0 Å². The van der Waals surface area contributed by atoms with Crippen molar-refractivity contribution >= 4 is 52.4 Å². The molecule has 0 unspecified atom stereocenters. The molecule has 0 aromatic heterocycles. The SMILES string of the molecule is Cc1cc(Cl)ccc1N1C(=O)C(Cl)=C(Nc2ccc(C(=O)[O-])cc2)C1=O. The maximum atomic E-state index is 12.7. The number of carboxylic acid groups (broad SMARTS) is 1. The third-order valence-electron chi connectivity index (χ3n) is 3.82. The van der Waals surface area contributed by atoms with E-state index in [2.05, 4.69) is 5.32 Å². The number of nitrogens with one attached hydrogen (secondary N) is 1.